The SMILES string of the molecule is CC(C)(C)CC(=O)NCC(=O)N1CCCC1CC(O)c1ccccc1. The molecule has 2 N–H and O–H groups in total. The summed E-state index contributed by atoms with van der Waals surface area (Å²) in [6.07, 6.45) is 2.19. The summed E-state index contributed by atoms with van der Waals surface area (Å²) in [6.45, 7) is 6.72. The van der Waals surface area contributed by atoms with Gasteiger partial charge in [0.25, 0.3) is 0 Å². The summed E-state index contributed by atoms with van der Waals surface area (Å²) in [4.78, 5) is 26.2. The lowest BCUT2D eigenvalue weighted by molar-refractivity contribution is -0.134. The number of nitrogens with one attached hydrogen (secondary N) is 1. The van der Waals surface area contributed by atoms with Crippen molar-refractivity contribution in [3.8, 4) is 0 Å². The predicted molar refractivity (Wildman–Crippen MR) is 97.8 cm³/mol. The lowest BCUT2D eigenvalue weighted by atomic mass is 9.92. The minimum Gasteiger partial charge on any atom is -0.388 e. The number of aliphatic hydroxyl groups is 1. The van der Waals surface area contributed by atoms with Crippen molar-refractivity contribution in [3.63, 3.8) is 0 Å². The van der Waals surface area contributed by atoms with Crippen LogP contribution < -0.4 is 5.32 Å². The van der Waals surface area contributed by atoms with Crippen LogP contribution in [0.3, 0.4) is 0 Å². The van der Waals surface area contributed by atoms with Gasteiger partial charge in [-0.3, -0.25) is 9.59 Å². The average molecular weight is 346 g/mol. The van der Waals surface area contributed by atoms with E-state index in [9.17, 15) is 14.7 Å². The first-order valence-corrected chi connectivity index (χ1v) is 9.05. The molecule has 138 valence electrons. The monoisotopic (exact) mass is 346 g/mol. The topological polar surface area (TPSA) is 69.6 Å². The zero-order valence-corrected chi connectivity index (χ0v) is 15.5. The van der Waals surface area contributed by atoms with Crippen LogP contribution in [0, 0.1) is 5.41 Å². The quantitative estimate of drug-likeness (QED) is 0.832. The molecule has 0 aromatic heterocycles. The van der Waals surface area contributed by atoms with Crippen molar-refractivity contribution < 1.29 is 14.7 Å². The van der Waals surface area contributed by atoms with Gasteiger partial charge in [-0.15, -0.1) is 0 Å². The number of carbonyl (C=O) groups is 2. The van der Waals surface area contributed by atoms with Gasteiger partial charge in [0, 0.05) is 19.0 Å². The Morgan fingerprint density at radius 1 is 1.28 bits per heavy atom. The van der Waals surface area contributed by atoms with Gasteiger partial charge in [-0.2, -0.15) is 0 Å². The summed E-state index contributed by atoms with van der Waals surface area (Å²) in [5.74, 6) is -0.161. The summed E-state index contributed by atoms with van der Waals surface area (Å²) >= 11 is 0. The van der Waals surface area contributed by atoms with Crippen LogP contribution in [0.5, 0.6) is 0 Å². The summed E-state index contributed by atoms with van der Waals surface area (Å²) in [5.41, 5.74) is 0.781. The molecule has 0 bridgehead atoms. The number of hydrogen-bond acceptors (Lipinski definition) is 3. The van der Waals surface area contributed by atoms with E-state index >= 15 is 0 Å². The number of benzene rings is 1. The van der Waals surface area contributed by atoms with Crippen molar-refractivity contribution >= 4 is 11.8 Å². The van der Waals surface area contributed by atoms with E-state index in [1.807, 2.05) is 56.0 Å². The van der Waals surface area contributed by atoms with E-state index < -0.39 is 6.10 Å². The zero-order valence-electron chi connectivity index (χ0n) is 15.5. The Labute approximate surface area is 150 Å². The van der Waals surface area contributed by atoms with Crippen LogP contribution >= 0.6 is 0 Å². The van der Waals surface area contributed by atoms with Crippen molar-refractivity contribution in [2.75, 3.05) is 13.1 Å². The molecule has 5 nitrogen and oxygen atoms in total. The normalized spacial score (nSPS) is 18.9. The molecule has 1 heterocycles. The number of amides is 2. The molecule has 5 heteroatoms. The maximum atomic E-state index is 12.5. The maximum Gasteiger partial charge on any atom is 0.242 e. The molecule has 0 saturated carbocycles. The van der Waals surface area contributed by atoms with E-state index in [1.54, 1.807) is 0 Å². The van der Waals surface area contributed by atoms with Crippen LogP contribution in [-0.2, 0) is 9.59 Å². The standard InChI is InChI=1S/C20H30N2O3/c1-20(2,3)13-18(24)21-14-19(25)22-11-7-10-16(22)12-17(23)15-8-5-4-6-9-15/h4-6,8-9,16-17,23H,7,10-14H2,1-3H3,(H,21,24). The fourth-order valence-corrected chi connectivity index (χ4v) is 3.30. The van der Waals surface area contributed by atoms with Gasteiger partial charge < -0.3 is 15.3 Å². The van der Waals surface area contributed by atoms with Crippen LogP contribution in [0.2, 0.25) is 0 Å². The molecule has 2 amide bonds. The summed E-state index contributed by atoms with van der Waals surface area (Å²) < 4.78 is 0. The second-order valence-corrected chi connectivity index (χ2v) is 8.06. The van der Waals surface area contributed by atoms with Crippen LogP contribution in [-0.4, -0.2) is 41.0 Å². The minimum atomic E-state index is -0.574. The largest absolute Gasteiger partial charge is 0.388 e. The van der Waals surface area contributed by atoms with Crippen molar-refractivity contribution in [2.24, 2.45) is 5.41 Å². The van der Waals surface area contributed by atoms with Gasteiger partial charge in [0.2, 0.25) is 11.8 Å². The highest BCUT2D eigenvalue weighted by Gasteiger charge is 2.30. The Morgan fingerprint density at radius 3 is 2.60 bits per heavy atom. The third kappa shape index (κ3) is 6.16. The maximum absolute atomic E-state index is 12.5. The third-order valence-corrected chi connectivity index (χ3v) is 4.50. The highest BCUT2D eigenvalue weighted by Crippen LogP contribution is 2.27. The van der Waals surface area contributed by atoms with Crippen LogP contribution in [0.15, 0.2) is 30.3 Å². The predicted octanol–water partition coefficient (Wildman–Crippen LogP) is 2.65. The van der Waals surface area contributed by atoms with Crippen LogP contribution in [0.25, 0.3) is 0 Å². The van der Waals surface area contributed by atoms with Gasteiger partial charge in [0.1, 0.15) is 0 Å². The number of rotatable bonds is 6. The van der Waals surface area contributed by atoms with Gasteiger partial charge in [0.05, 0.1) is 12.6 Å². The Hall–Kier alpha value is -1.88. The molecule has 2 unspecified atom stereocenters. The molecule has 1 aromatic carbocycles. The first-order chi connectivity index (χ1) is 11.8. The van der Waals surface area contributed by atoms with Gasteiger partial charge in [-0.25, -0.2) is 0 Å². The molecule has 2 atom stereocenters. The molecule has 1 aliphatic rings. The fourth-order valence-electron chi connectivity index (χ4n) is 3.30. The lowest BCUT2D eigenvalue weighted by Gasteiger charge is -2.27. The van der Waals surface area contributed by atoms with Crippen LogP contribution in [0.1, 0.15) is 58.1 Å². The summed E-state index contributed by atoms with van der Waals surface area (Å²) in [7, 11) is 0. The number of hydrogen-bond donors (Lipinski definition) is 2. The first-order valence-electron chi connectivity index (χ1n) is 9.05. The number of aliphatic hydroxyl groups excluding tert-OH is 1. The molecule has 0 spiro atoms. The fraction of sp³-hybridized carbons (Fsp3) is 0.600. The Morgan fingerprint density at radius 2 is 1.96 bits per heavy atom. The Bertz CT molecular complexity index is 580. The molecule has 2 rings (SSSR count). The second-order valence-electron chi connectivity index (χ2n) is 8.06. The molecular formula is C20H30N2O3. The van der Waals surface area contributed by atoms with Crippen molar-refractivity contribution in [3.05, 3.63) is 35.9 Å². The van der Waals surface area contributed by atoms with E-state index in [2.05, 4.69) is 5.32 Å². The smallest absolute Gasteiger partial charge is 0.242 e. The molecule has 25 heavy (non-hydrogen) atoms. The van der Waals surface area contributed by atoms with E-state index in [0.717, 1.165) is 18.4 Å². The highest BCUT2D eigenvalue weighted by atomic mass is 16.3. The molecule has 1 saturated heterocycles. The first kappa shape index (κ1) is 19.4. The van der Waals surface area contributed by atoms with E-state index in [-0.39, 0.29) is 29.8 Å². The van der Waals surface area contributed by atoms with Crippen molar-refractivity contribution in [1.29, 1.82) is 0 Å². The van der Waals surface area contributed by atoms with E-state index in [4.69, 9.17) is 0 Å². The highest BCUT2D eigenvalue weighted by molar-refractivity contribution is 5.85. The molecular weight excluding hydrogens is 316 g/mol. The minimum absolute atomic E-state index is 0.0298. The number of carbonyl (C=O) groups excluding carboxylic acids is 2. The van der Waals surface area contributed by atoms with Crippen molar-refractivity contribution in [2.45, 2.75) is 58.6 Å². The Balaban J connectivity index is 1.85. The van der Waals surface area contributed by atoms with E-state index in [0.29, 0.717) is 19.4 Å². The zero-order chi connectivity index (χ0) is 18.4. The summed E-state index contributed by atoms with van der Waals surface area (Å²) in [6, 6.07) is 9.56. The lowest BCUT2D eigenvalue weighted by Crippen LogP contribution is -2.43. The van der Waals surface area contributed by atoms with Gasteiger partial charge in [-0.1, -0.05) is 51.1 Å². The van der Waals surface area contributed by atoms with Gasteiger partial charge in [-0.05, 0) is 30.2 Å². The van der Waals surface area contributed by atoms with Gasteiger partial charge >= 0.3 is 0 Å². The van der Waals surface area contributed by atoms with Crippen LogP contribution in [0.4, 0.5) is 0 Å². The average Bonchev–Trinajstić information content (AvgIpc) is 3.00. The molecule has 0 aliphatic carbocycles. The van der Waals surface area contributed by atoms with Gasteiger partial charge in [0.15, 0.2) is 0 Å². The molecule has 1 aliphatic heterocycles. The Kier molecular flexibility index (Phi) is 6.59. The number of nitrogens with zero attached hydrogens (tertiary/aromatic N) is 1. The summed E-state index contributed by atoms with van der Waals surface area (Å²) in [5, 5.41) is 13.1. The second kappa shape index (κ2) is 8.48. The molecule has 1 fully saturated rings. The molecule has 1 aromatic rings. The third-order valence-electron chi connectivity index (χ3n) is 4.50. The number of likely N-dealkylation sites (tertiary alicyclic amines) is 1. The molecule has 0 radical (unpaired) electrons. The van der Waals surface area contributed by atoms with Crippen molar-refractivity contribution in [1.82, 2.24) is 10.2 Å². The van der Waals surface area contributed by atoms with E-state index in [1.165, 1.54) is 0 Å².